The van der Waals surface area contributed by atoms with E-state index in [1.807, 2.05) is 0 Å². The second-order valence-electron chi connectivity index (χ2n) is 4.99. The van der Waals surface area contributed by atoms with Gasteiger partial charge in [0, 0.05) is 25.8 Å². The molecule has 1 heterocycles. The lowest BCUT2D eigenvalue weighted by Crippen LogP contribution is -2.28. The summed E-state index contributed by atoms with van der Waals surface area (Å²) in [6, 6.07) is 3.29. The van der Waals surface area contributed by atoms with Crippen LogP contribution in [0.1, 0.15) is 29.6 Å². The van der Waals surface area contributed by atoms with E-state index in [0.717, 1.165) is 19.3 Å². The molecule has 116 valence electrons. The summed E-state index contributed by atoms with van der Waals surface area (Å²) in [7, 11) is 1.76. The smallest absolute Gasteiger partial charge is 0.253 e. The second-order valence-corrected chi connectivity index (χ2v) is 5.40. The van der Waals surface area contributed by atoms with Crippen LogP contribution in [0.4, 0.5) is 0 Å². The van der Waals surface area contributed by atoms with Crippen LogP contribution < -0.4 is 9.47 Å². The zero-order valence-corrected chi connectivity index (χ0v) is 12.9. The van der Waals surface area contributed by atoms with E-state index in [0.29, 0.717) is 41.8 Å². The number of ether oxygens (including phenoxy) is 2. The topological polar surface area (TPSA) is 59.0 Å². The van der Waals surface area contributed by atoms with Crippen LogP contribution in [0.5, 0.6) is 11.5 Å². The Morgan fingerprint density at radius 1 is 1.29 bits per heavy atom. The summed E-state index contributed by atoms with van der Waals surface area (Å²) in [5.74, 6) is 0.925. The summed E-state index contributed by atoms with van der Waals surface area (Å²) in [6.07, 6.45) is 2.52. The second kappa shape index (κ2) is 7.52. The molecular weight excluding hydrogens is 294 g/mol. The van der Waals surface area contributed by atoms with Crippen molar-refractivity contribution < 1.29 is 19.4 Å². The van der Waals surface area contributed by atoms with E-state index in [9.17, 15) is 4.79 Å². The maximum Gasteiger partial charge on any atom is 0.253 e. The van der Waals surface area contributed by atoms with Crippen molar-refractivity contribution in [1.82, 2.24) is 4.90 Å². The minimum Gasteiger partial charge on any atom is -0.486 e. The van der Waals surface area contributed by atoms with Gasteiger partial charge in [-0.2, -0.15) is 0 Å². The number of carbonyl (C=O) groups excluding carboxylic acids is 1. The van der Waals surface area contributed by atoms with Crippen molar-refractivity contribution in [2.24, 2.45) is 0 Å². The van der Waals surface area contributed by atoms with Crippen LogP contribution in [0.25, 0.3) is 0 Å². The first-order valence-electron chi connectivity index (χ1n) is 7.09. The summed E-state index contributed by atoms with van der Waals surface area (Å²) >= 11 is 6.14. The lowest BCUT2D eigenvalue weighted by molar-refractivity contribution is 0.0791. The summed E-state index contributed by atoms with van der Waals surface area (Å²) in [5.41, 5.74) is 0.494. The van der Waals surface area contributed by atoms with Crippen LogP contribution >= 0.6 is 11.6 Å². The van der Waals surface area contributed by atoms with Crippen molar-refractivity contribution in [3.8, 4) is 11.5 Å². The molecule has 1 aliphatic heterocycles. The first kappa shape index (κ1) is 15.9. The maximum atomic E-state index is 12.4. The number of aliphatic hydroxyl groups is 1. The van der Waals surface area contributed by atoms with Gasteiger partial charge >= 0.3 is 0 Å². The number of hydrogen-bond donors (Lipinski definition) is 1. The van der Waals surface area contributed by atoms with Gasteiger partial charge in [0.05, 0.1) is 5.02 Å². The van der Waals surface area contributed by atoms with Crippen molar-refractivity contribution in [3.63, 3.8) is 0 Å². The summed E-state index contributed by atoms with van der Waals surface area (Å²) in [4.78, 5) is 14.0. The van der Waals surface area contributed by atoms with Crippen molar-refractivity contribution in [2.75, 3.05) is 33.4 Å². The predicted octanol–water partition coefficient (Wildman–Crippen LogP) is 2.35. The minimum absolute atomic E-state index is 0.0992. The van der Waals surface area contributed by atoms with E-state index in [1.54, 1.807) is 24.1 Å². The highest BCUT2D eigenvalue weighted by Gasteiger charge is 2.20. The molecule has 21 heavy (non-hydrogen) atoms. The zero-order chi connectivity index (χ0) is 15.2. The van der Waals surface area contributed by atoms with Gasteiger partial charge in [-0.15, -0.1) is 0 Å². The first-order chi connectivity index (χ1) is 10.1. The lowest BCUT2D eigenvalue weighted by atomic mass is 10.1. The molecule has 0 atom stereocenters. The Balaban J connectivity index is 2.03. The molecule has 6 heteroatoms. The number of amides is 1. The van der Waals surface area contributed by atoms with Crippen molar-refractivity contribution in [2.45, 2.75) is 19.3 Å². The fourth-order valence-corrected chi connectivity index (χ4v) is 2.46. The fourth-order valence-electron chi connectivity index (χ4n) is 2.19. The van der Waals surface area contributed by atoms with Gasteiger partial charge in [0.2, 0.25) is 0 Å². The average molecular weight is 314 g/mol. The van der Waals surface area contributed by atoms with Gasteiger partial charge in [-0.1, -0.05) is 11.6 Å². The molecular formula is C15H20ClNO4. The van der Waals surface area contributed by atoms with Gasteiger partial charge in [0.15, 0.2) is 11.5 Å². The SMILES string of the molecule is CN(CCCCCO)C(=O)c1cc(Cl)c2c(c1)OCCO2. The number of fused-ring (bicyclic) bond motifs is 1. The van der Waals surface area contributed by atoms with E-state index in [4.69, 9.17) is 26.2 Å². The normalized spacial score (nSPS) is 13.1. The summed E-state index contributed by atoms with van der Waals surface area (Å²) in [6.45, 7) is 1.75. The molecule has 0 aliphatic carbocycles. The number of hydrogen-bond acceptors (Lipinski definition) is 4. The van der Waals surface area contributed by atoms with Crippen molar-refractivity contribution in [1.29, 1.82) is 0 Å². The largest absolute Gasteiger partial charge is 0.486 e. The monoisotopic (exact) mass is 313 g/mol. The maximum absolute atomic E-state index is 12.4. The Bertz CT molecular complexity index is 507. The zero-order valence-electron chi connectivity index (χ0n) is 12.1. The highest BCUT2D eigenvalue weighted by Crippen LogP contribution is 2.38. The van der Waals surface area contributed by atoms with E-state index in [2.05, 4.69) is 0 Å². The standard InChI is InChI=1S/C15H20ClNO4/c1-17(5-3-2-4-6-18)15(19)11-9-12(16)14-13(10-11)20-7-8-21-14/h9-10,18H,2-8H2,1H3. The Morgan fingerprint density at radius 2 is 2.05 bits per heavy atom. The van der Waals surface area contributed by atoms with Gasteiger partial charge in [-0.3, -0.25) is 4.79 Å². The van der Waals surface area contributed by atoms with Crippen LogP contribution in [-0.4, -0.2) is 49.3 Å². The fraction of sp³-hybridized carbons (Fsp3) is 0.533. The Morgan fingerprint density at radius 3 is 2.81 bits per heavy atom. The molecule has 1 aliphatic rings. The quantitative estimate of drug-likeness (QED) is 0.819. The lowest BCUT2D eigenvalue weighted by Gasteiger charge is -2.22. The average Bonchev–Trinajstić information content (AvgIpc) is 2.50. The molecule has 5 nitrogen and oxygen atoms in total. The number of carbonyl (C=O) groups is 1. The van der Waals surface area contributed by atoms with Gasteiger partial charge in [-0.05, 0) is 31.4 Å². The molecule has 0 spiro atoms. The van der Waals surface area contributed by atoms with Crippen LogP contribution in [0.3, 0.4) is 0 Å². The molecule has 0 unspecified atom stereocenters. The summed E-state index contributed by atoms with van der Waals surface area (Å²) < 4.78 is 10.9. The molecule has 0 radical (unpaired) electrons. The van der Waals surface area contributed by atoms with Crippen LogP contribution in [0, 0.1) is 0 Å². The van der Waals surface area contributed by atoms with E-state index in [1.165, 1.54) is 0 Å². The Hall–Kier alpha value is -1.46. The van der Waals surface area contributed by atoms with Crippen LogP contribution in [-0.2, 0) is 0 Å². The Kier molecular flexibility index (Phi) is 5.70. The third kappa shape index (κ3) is 4.02. The molecule has 0 saturated carbocycles. The molecule has 0 bridgehead atoms. The molecule has 1 aromatic carbocycles. The molecule has 1 amide bonds. The van der Waals surface area contributed by atoms with E-state index < -0.39 is 0 Å². The number of nitrogens with zero attached hydrogens (tertiary/aromatic N) is 1. The molecule has 0 saturated heterocycles. The third-order valence-corrected chi connectivity index (χ3v) is 3.62. The number of aliphatic hydroxyl groups excluding tert-OH is 1. The van der Waals surface area contributed by atoms with Gasteiger partial charge in [-0.25, -0.2) is 0 Å². The van der Waals surface area contributed by atoms with Gasteiger partial charge < -0.3 is 19.5 Å². The number of halogens is 1. The predicted molar refractivity (Wildman–Crippen MR) is 80.3 cm³/mol. The first-order valence-corrected chi connectivity index (χ1v) is 7.46. The molecule has 1 aromatic rings. The van der Waals surface area contributed by atoms with E-state index in [-0.39, 0.29) is 12.5 Å². The van der Waals surface area contributed by atoms with Crippen molar-refractivity contribution >= 4 is 17.5 Å². The van der Waals surface area contributed by atoms with Gasteiger partial charge in [0.25, 0.3) is 5.91 Å². The number of benzene rings is 1. The number of unbranched alkanes of at least 4 members (excludes halogenated alkanes) is 2. The van der Waals surface area contributed by atoms with E-state index >= 15 is 0 Å². The highest BCUT2D eigenvalue weighted by atomic mass is 35.5. The summed E-state index contributed by atoms with van der Waals surface area (Å²) in [5, 5.41) is 9.13. The van der Waals surface area contributed by atoms with Crippen LogP contribution in [0.15, 0.2) is 12.1 Å². The Labute approximate surface area is 129 Å². The number of rotatable bonds is 6. The minimum atomic E-state index is -0.0992. The highest BCUT2D eigenvalue weighted by molar-refractivity contribution is 6.32. The molecule has 0 fully saturated rings. The van der Waals surface area contributed by atoms with Gasteiger partial charge in [0.1, 0.15) is 13.2 Å². The molecule has 1 N–H and O–H groups in total. The van der Waals surface area contributed by atoms with Crippen LogP contribution in [0.2, 0.25) is 5.02 Å². The molecule has 2 rings (SSSR count). The molecule has 0 aromatic heterocycles. The third-order valence-electron chi connectivity index (χ3n) is 3.34. The van der Waals surface area contributed by atoms with Crippen molar-refractivity contribution in [3.05, 3.63) is 22.7 Å².